The van der Waals surface area contributed by atoms with Crippen LogP contribution in [0.1, 0.15) is 12.8 Å². The first-order valence-electron chi connectivity index (χ1n) is 3.10. The van der Waals surface area contributed by atoms with E-state index in [2.05, 4.69) is 0 Å². The standard InChI is InChI=1S/C6H10O3/c7-4-6-5(8)2-1-3-9-6/h6-7H,1-4H2. The van der Waals surface area contributed by atoms with Crippen LogP contribution in [0.2, 0.25) is 0 Å². The van der Waals surface area contributed by atoms with E-state index in [0.29, 0.717) is 13.0 Å². The van der Waals surface area contributed by atoms with Crippen LogP contribution in [0.3, 0.4) is 0 Å². The molecule has 1 fully saturated rings. The van der Waals surface area contributed by atoms with E-state index in [1.807, 2.05) is 0 Å². The number of hydrogen-bond donors (Lipinski definition) is 1. The predicted molar refractivity (Wildman–Crippen MR) is 31.1 cm³/mol. The molecule has 0 aromatic carbocycles. The highest BCUT2D eigenvalue weighted by Crippen LogP contribution is 2.07. The molecule has 1 atom stereocenters. The van der Waals surface area contributed by atoms with E-state index in [9.17, 15) is 4.79 Å². The molecule has 1 aliphatic rings. The first kappa shape index (κ1) is 6.71. The van der Waals surface area contributed by atoms with Crippen LogP contribution >= 0.6 is 0 Å². The molecule has 0 bridgehead atoms. The Labute approximate surface area is 53.6 Å². The van der Waals surface area contributed by atoms with Gasteiger partial charge in [0, 0.05) is 13.0 Å². The smallest absolute Gasteiger partial charge is 0.164 e. The zero-order chi connectivity index (χ0) is 6.69. The molecule has 1 heterocycles. The monoisotopic (exact) mass is 130 g/mol. The normalized spacial score (nSPS) is 28.6. The SMILES string of the molecule is O=C1CCCOC1CO. The summed E-state index contributed by atoms with van der Waals surface area (Å²) in [4.78, 5) is 10.7. The van der Waals surface area contributed by atoms with Gasteiger partial charge in [0.25, 0.3) is 0 Å². The van der Waals surface area contributed by atoms with Crippen molar-refractivity contribution in [3.63, 3.8) is 0 Å². The largest absolute Gasteiger partial charge is 0.393 e. The van der Waals surface area contributed by atoms with Crippen molar-refractivity contribution in [2.24, 2.45) is 0 Å². The molecular weight excluding hydrogens is 120 g/mol. The Hall–Kier alpha value is -0.410. The lowest BCUT2D eigenvalue weighted by Gasteiger charge is -2.18. The first-order chi connectivity index (χ1) is 4.34. The quantitative estimate of drug-likeness (QED) is 0.531. The third-order valence-electron chi connectivity index (χ3n) is 1.41. The summed E-state index contributed by atoms with van der Waals surface area (Å²) in [6.07, 6.45) is 0.833. The van der Waals surface area contributed by atoms with Crippen LogP contribution in [-0.4, -0.2) is 30.2 Å². The second kappa shape index (κ2) is 2.94. The fraction of sp³-hybridized carbons (Fsp3) is 0.833. The number of carbonyl (C=O) groups excluding carboxylic acids is 1. The fourth-order valence-corrected chi connectivity index (χ4v) is 0.880. The van der Waals surface area contributed by atoms with Gasteiger partial charge in [-0.25, -0.2) is 0 Å². The zero-order valence-corrected chi connectivity index (χ0v) is 5.17. The van der Waals surface area contributed by atoms with Crippen molar-refractivity contribution in [1.82, 2.24) is 0 Å². The van der Waals surface area contributed by atoms with Crippen LogP contribution in [0, 0.1) is 0 Å². The van der Waals surface area contributed by atoms with Gasteiger partial charge < -0.3 is 9.84 Å². The molecule has 0 aliphatic carbocycles. The van der Waals surface area contributed by atoms with E-state index >= 15 is 0 Å². The molecule has 3 heteroatoms. The van der Waals surface area contributed by atoms with Crippen LogP contribution in [-0.2, 0) is 9.53 Å². The van der Waals surface area contributed by atoms with Crippen LogP contribution < -0.4 is 0 Å². The maximum atomic E-state index is 10.7. The third-order valence-corrected chi connectivity index (χ3v) is 1.41. The van der Waals surface area contributed by atoms with Crippen LogP contribution in [0.5, 0.6) is 0 Å². The van der Waals surface area contributed by atoms with Gasteiger partial charge in [-0.1, -0.05) is 0 Å². The number of ketones is 1. The third kappa shape index (κ3) is 1.50. The van der Waals surface area contributed by atoms with Gasteiger partial charge in [-0.15, -0.1) is 0 Å². The van der Waals surface area contributed by atoms with Crippen LogP contribution in [0.4, 0.5) is 0 Å². The summed E-state index contributed by atoms with van der Waals surface area (Å²) in [6.45, 7) is 0.440. The number of aliphatic hydroxyl groups is 1. The summed E-state index contributed by atoms with van der Waals surface area (Å²) in [7, 11) is 0. The van der Waals surface area contributed by atoms with Crippen molar-refractivity contribution in [1.29, 1.82) is 0 Å². The Balaban J connectivity index is 2.39. The Morgan fingerprint density at radius 3 is 3.00 bits per heavy atom. The topological polar surface area (TPSA) is 46.5 Å². The lowest BCUT2D eigenvalue weighted by molar-refractivity contribution is -0.138. The molecule has 1 aliphatic heterocycles. The summed E-state index contributed by atoms with van der Waals surface area (Å²) in [5, 5.41) is 8.52. The molecule has 52 valence electrons. The number of ether oxygens (including phenoxy) is 1. The molecule has 9 heavy (non-hydrogen) atoms. The Kier molecular flexibility index (Phi) is 2.19. The average molecular weight is 130 g/mol. The van der Waals surface area contributed by atoms with Gasteiger partial charge in [-0.3, -0.25) is 4.79 Å². The second-order valence-electron chi connectivity index (χ2n) is 2.11. The van der Waals surface area contributed by atoms with Crippen molar-refractivity contribution < 1.29 is 14.6 Å². The molecule has 0 radical (unpaired) electrons. The molecule has 1 rings (SSSR count). The van der Waals surface area contributed by atoms with Crippen LogP contribution in [0.15, 0.2) is 0 Å². The summed E-state index contributed by atoms with van der Waals surface area (Å²) in [6, 6.07) is 0. The minimum Gasteiger partial charge on any atom is -0.393 e. The lowest BCUT2D eigenvalue weighted by atomic mass is 10.1. The highest BCUT2D eigenvalue weighted by Gasteiger charge is 2.21. The Morgan fingerprint density at radius 1 is 1.78 bits per heavy atom. The van der Waals surface area contributed by atoms with Gasteiger partial charge in [0.05, 0.1) is 6.61 Å². The molecule has 1 unspecified atom stereocenters. The second-order valence-corrected chi connectivity index (χ2v) is 2.11. The summed E-state index contributed by atoms with van der Waals surface area (Å²) in [5.74, 6) is 0.0313. The summed E-state index contributed by atoms with van der Waals surface area (Å²) in [5.41, 5.74) is 0. The van der Waals surface area contributed by atoms with Gasteiger partial charge in [-0.05, 0) is 6.42 Å². The van der Waals surface area contributed by atoms with E-state index < -0.39 is 6.10 Å². The molecule has 0 amide bonds. The van der Waals surface area contributed by atoms with Crippen molar-refractivity contribution >= 4 is 5.78 Å². The first-order valence-corrected chi connectivity index (χ1v) is 3.10. The van der Waals surface area contributed by atoms with Gasteiger partial charge in [0.1, 0.15) is 6.10 Å². The maximum absolute atomic E-state index is 10.7. The molecule has 0 spiro atoms. The highest BCUT2D eigenvalue weighted by atomic mass is 16.5. The fourth-order valence-electron chi connectivity index (χ4n) is 0.880. The predicted octanol–water partition coefficient (Wildman–Crippen LogP) is -0.273. The Bertz CT molecular complexity index is 111. The summed E-state index contributed by atoms with van der Waals surface area (Å²) >= 11 is 0. The van der Waals surface area contributed by atoms with Gasteiger partial charge >= 0.3 is 0 Å². The number of hydrogen-bond acceptors (Lipinski definition) is 3. The lowest BCUT2D eigenvalue weighted by Crippen LogP contribution is -2.32. The minimum absolute atomic E-state index is 0.0313. The number of Topliss-reactive ketones (excluding diaryl/α,β-unsaturated/α-hetero) is 1. The van der Waals surface area contributed by atoms with Crippen molar-refractivity contribution in [2.75, 3.05) is 13.2 Å². The molecule has 1 saturated heterocycles. The van der Waals surface area contributed by atoms with E-state index in [0.717, 1.165) is 6.42 Å². The molecule has 3 nitrogen and oxygen atoms in total. The van der Waals surface area contributed by atoms with Gasteiger partial charge in [0.15, 0.2) is 5.78 Å². The van der Waals surface area contributed by atoms with E-state index in [1.54, 1.807) is 0 Å². The minimum atomic E-state index is -0.529. The van der Waals surface area contributed by atoms with E-state index in [-0.39, 0.29) is 12.4 Å². The van der Waals surface area contributed by atoms with Gasteiger partial charge in [-0.2, -0.15) is 0 Å². The number of rotatable bonds is 1. The average Bonchev–Trinajstić information content (AvgIpc) is 1.89. The molecule has 0 saturated carbocycles. The zero-order valence-electron chi connectivity index (χ0n) is 5.17. The number of aliphatic hydroxyl groups excluding tert-OH is 1. The number of carbonyl (C=O) groups is 1. The van der Waals surface area contributed by atoms with Crippen molar-refractivity contribution in [2.45, 2.75) is 18.9 Å². The summed E-state index contributed by atoms with van der Waals surface area (Å²) < 4.78 is 4.94. The van der Waals surface area contributed by atoms with Crippen LogP contribution in [0.25, 0.3) is 0 Å². The molecule has 0 aromatic heterocycles. The molecular formula is C6H10O3. The van der Waals surface area contributed by atoms with Gasteiger partial charge in [0.2, 0.25) is 0 Å². The molecule has 0 aromatic rings. The van der Waals surface area contributed by atoms with E-state index in [4.69, 9.17) is 9.84 Å². The van der Waals surface area contributed by atoms with Crippen molar-refractivity contribution in [3.8, 4) is 0 Å². The van der Waals surface area contributed by atoms with Crippen molar-refractivity contribution in [3.05, 3.63) is 0 Å². The molecule has 1 N–H and O–H groups in total. The van der Waals surface area contributed by atoms with E-state index in [1.165, 1.54) is 0 Å². The Morgan fingerprint density at radius 2 is 2.56 bits per heavy atom. The maximum Gasteiger partial charge on any atom is 0.164 e. The highest BCUT2D eigenvalue weighted by molar-refractivity contribution is 5.83.